The molecular formula is C17H22N6O. The van der Waals surface area contributed by atoms with E-state index in [9.17, 15) is 4.79 Å². The minimum atomic E-state index is -0.0158. The zero-order valence-corrected chi connectivity index (χ0v) is 14.0. The van der Waals surface area contributed by atoms with Crippen molar-refractivity contribution >= 4 is 5.71 Å². The number of nitrogens with one attached hydrogen (secondary N) is 1. The van der Waals surface area contributed by atoms with Crippen molar-refractivity contribution in [2.75, 3.05) is 13.1 Å². The van der Waals surface area contributed by atoms with Gasteiger partial charge < -0.3 is 4.98 Å². The smallest absolute Gasteiger partial charge is 0.255 e. The fraction of sp³-hybridized carbons (Fsp3) is 0.529. The molecular weight excluding hydrogens is 304 g/mol. The Morgan fingerprint density at radius 2 is 2.21 bits per heavy atom. The number of rotatable bonds is 3. The monoisotopic (exact) mass is 326 g/mol. The van der Waals surface area contributed by atoms with Crippen LogP contribution in [0.5, 0.6) is 0 Å². The minimum Gasteiger partial charge on any atom is -0.305 e. The molecule has 0 saturated heterocycles. The van der Waals surface area contributed by atoms with Gasteiger partial charge in [0.05, 0.1) is 22.7 Å². The largest absolute Gasteiger partial charge is 0.305 e. The Hall–Kier alpha value is -2.28. The van der Waals surface area contributed by atoms with E-state index < -0.39 is 0 Å². The molecule has 0 aliphatic carbocycles. The van der Waals surface area contributed by atoms with Crippen LogP contribution in [0.25, 0.3) is 0 Å². The molecule has 0 spiro atoms. The number of aryl methyl sites for hydroxylation is 1. The molecule has 2 aromatic rings. The minimum absolute atomic E-state index is 0.0158. The normalized spacial score (nSPS) is 18.3. The van der Waals surface area contributed by atoms with Crippen molar-refractivity contribution in [2.24, 2.45) is 12.0 Å². The van der Waals surface area contributed by atoms with Gasteiger partial charge in [0.1, 0.15) is 0 Å². The summed E-state index contributed by atoms with van der Waals surface area (Å²) in [5.41, 5.74) is 3.82. The molecule has 0 saturated carbocycles. The fourth-order valence-electron chi connectivity index (χ4n) is 3.43. The van der Waals surface area contributed by atoms with Crippen LogP contribution in [-0.4, -0.2) is 43.4 Å². The van der Waals surface area contributed by atoms with E-state index in [1.54, 1.807) is 6.20 Å². The molecule has 0 unspecified atom stereocenters. The van der Waals surface area contributed by atoms with E-state index in [-0.39, 0.29) is 5.56 Å². The molecule has 126 valence electrons. The van der Waals surface area contributed by atoms with Crippen LogP contribution in [-0.2, 0) is 26.6 Å². The Balaban J connectivity index is 1.57. The van der Waals surface area contributed by atoms with Crippen molar-refractivity contribution in [3.63, 3.8) is 0 Å². The molecule has 2 aliphatic rings. The summed E-state index contributed by atoms with van der Waals surface area (Å²) in [7, 11) is 1.94. The number of aromatic nitrogens is 4. The predicted octanol–water partition coefficient (Wildman–Crippen LogP) is 1.03. The van der Waals surface area contributed by atoms with Gasteiger partial charge in [0.15, 0.2) is 5.82 Å². The molecule has 24 heavy (non-hydrogen) atoms. The molecule has 0 amide bonds. The summed E-state index contributed by atoms with van der Waals surface area (Å²) in [5.74, 6) is 0.679. The number of aromatic amines is 1. The van der Waals surface area contributed by atoms with E-state index in [0.717, 1.165) is 68.0 Å². The quantitative estimate of drug-likeness (QED) is 0.914. The highest BCUT2D eigenvalue weighted by Gasteiger charge is 2.23. The van der Waals surface area contributed by atoms with Crippen molar-refractivity contribution < 1.29 is 0 Å². The number of hydrogen-bond donors (Lipinski definition) is 1. The number of fused-ring (bicyclic) bond motifs is 1. The molecule has 2 aliphatic heterocycles. The maximum atomic E-state index is 12.5. The average Bonchev–Trinajstić information content (AvgIpc) is 3.01. The highest BCUT2D eigenvalue weighted by atomic mass is 16.1. The van der Waals surface area contributed by atoms with Gasteiger partial charge in [-0.2, -0.15) is 5.10 Å². The molecule has 1 N–H and O–H groups in total. The standard InChI is InChI=1S/C17H22N6O/c1-22-12(5-8-19-22)10-23-9-6-14-13(11-23)17(24)21-16(20-14)15-4-2-3-7-18-15/h5,8H,2-4,6-7,9-11H2,1H3,(H,20,21,24). The molecule has 0 atom stereocenters. The highest BCUT2D eigenvalue weighted by Crippen LogP contribution is 2.17. The van der Waals surface area contributed by atoms with Gasteiger partial charge in [-0.1, -0.05) is 0 Å². The predicted molar refractivity (Wildman–Crippen MR) is 91.1 cm³/mol. The molecule has 0 bridgehead atoms. The first-order chi connectivity index (χ1) is 11.7. The fourth-order valence-corrected chi connectivity index (χ4v) is 3.43. The molecule has 7 nitrogen and oxygen atoms in total. The van der Waals surface area contributed by atoms with Gasteiger partial charge in [-0.15, -0.1) is 0 Å². The molecule has 7 heteroatoms. The van der Waals surface area contributed by atoms with Crippen LogP contribution in [0.4, 0.5) is 0 Å². The second kappa shape index (κ2) is 6.32. The summed E-state index contributed by atoms with van der Waals surface area (Å²) in [4.78, 5) is 27.0. The molecule has 0 aromatic carbocycles. The Bertz CT molecular complexity index is 834. The van der Waals surface area contributed by atoms with Crippen LogP contribution in [0.2, 0.25) is 0 Å². The number of hydrogen-bond acceptors (Lipinski definition) is 5. The maximum Gasteiger partial charge on any atom is 0.255 e. The maximum absolute atomic E-state index is 12.5. The summed E-state index contributed by atoms with van der Waals surface area (Å²) in [6.45, 7) is 3.18. The van der Waals surface area contributed by atoms with Gasteiger partial charge in [-0.05, 0) is 25.3 Å². The van der Waals surface area contributed by atoms with Gasteiger partial charge in [0.2, 0.25) is 0 Å². The molecule has 4 rings (SSSR count). The number of H-pyrrole nitrogens is 1. The Morgan fingerprint density at radius 1 is 1.29 bits per heavy atom. The third kappa shape index (κ3) is 2.91. The lowest BCUT2D eigenvalue weighted by molar-refractivity contribution is 0.235. The van der Waals surface area contributed by atoms with Crippen molar-refractivity contribution in [3.05, 3.63) is 45.4 Å². The lowest BCUT2D eigenvalue weighted by Gasteiger charge is -2.27. The summed E-state index contributed by atoms with van der Waals surface area (Å²) < 4.78 is 1.88. The van der Waals surface area contributed by atoms with E-state index >= 15 is 0 Å². The van der Waals surface area contributed by atoms with Gasteiger partial charge in [-0.3, -0.25) is 19.4 Å². The third-order valence-electron chi connectivity index (χ3n) is 4.85. The summed E-state index contributed by atoms with van der Waals surface area (Å²) >= 11 is 0. The topological polar surface area (TPSA) is 79.2 Å². The SMILES string of the molecule is Cn1nccc1CN1CCc2nc(C3=NCCCC3)[nH]c(=O)c2C1. The van der Waals surface area contributed by atoms with Crippen molar-refractivity contribution in [2.45, 2.75) is 38.8 Å². The molecule has 4 heterocycles. The van der Waals surface area contributed by atoms with E-state index in [0.29, 0.717) is 12.4 Å². The van der Waals surface area contributed by atoms with Gasteiger partial charge in [0, 0.05) is 45.8 Å². The van der Waals surface area contributed by atoms with Crippen LogP contribution in [0.3, 0.4) is 0 Å². The lowest BCUT2D eigenvalue weighted by Crippen LogP contribution is -2.36. The first kappa shape index (κ1) is 15.3. The van der Waals surface area contributed by atoms with Crippen molar-refractivity contribution in [1.82, 2.24) is 24.6 Å². The van der Waals surface area contributed by atoms with Crippen molar-refractivity contribution in [3.8, 4) is 0 Å². The van der Waals surface area contributed by atoms with Gasteiger partial charge in [0.25, 0.3) is 5.56 Å². The first-order valence-corrected chi connectivity index (χ1v) is 8.56. The van der Waals surface area contributed by atoms with E-state index in [4.69, 9.17) is 4.98 Å². The van der Waals surface area contributed by atoms with Gasteiger partial charge in [-0.25, -0.2) is 4.98 Å². The van der Waals surface area contributed by atoms with Crippen LogP contribution < -0.4 is 5.56 Å². The van der Waals surface area contributed by atoms with E-state index in [1.807, 2.05) is 17.8 Å². The summed E-state index contributed by atoms with van der Waals surface area (Å²) in [6, 6.07) is 2.02. The molecule has 2 aromatic heterocycles. The second-order valence-corrected chi connectivity index (χ2v) is 6.53. The van der Waals surface area contributed by atoms with Crippen LogP contribution >= 0.6 is 0 Å². The third-order valence-corrected chi connectivity index (χ3v) is 4.85. The highest BCUT2D eigenvalue weighted by molar-refractivity contribution is 5.97. The Morgan fingerprint density at radius 3 is 2.96 bits per heavy atom. The number of aliphatic imine (C=N–C) groups is 1. The first-order valence-electron chi connectivity index (χ1n) is 8.56. The zero-order valence-electron chi connectivity index (χ0n) is 14.0. The number of nitrogens with zero attached hydrogens (tertiary/aromatic N) is 5. The van der Waals surface area contributed by atoms with Crippen LogP contribution in [0.1, 0.15) is 42.0 Å². The van der Waals surface area contributed by atoms with E-state index in [2.05, 4.69) is 20.0 Å². The van der Waals surface area contributed by atoms with Crippen LogP contribution in [0.15, 0.2) is 22.1 Å². The van der Waals surface area contributed by atoms with Crippen LogP contribution in [0, 0.1) is 0 Å². The Labute approximate surface area is 140 Å². The Kier molecular flexibility index (Phi) is 4.02. The van der Waals surface area contributed by atoms with Crippen molar-refractivity contribution in [1.29, 1.82) is 0 Å². The average molecular weight is 326 g/mol. The van der Waals surface area contributed by atoms with Gasteiger partial charge >= 0.3 is 0 Å². The molecule has 0 radical (unpaired) electrons. The molecule has 0 fully saturated rings. The lowest BCUT2D eigenvalue weighted by atomic mass is 10.0. The summed E-state index contributed by atoms with van der Waals surface area (Å²) in [6.07, 6.45) is 5.77. The summed E-state index contributed by atoms with van der Waals surface area (Å²) in [5, 5.41) is 4.20. The second-order valence-electron chi connectivity index (χ2n) is 6.53. The zero-order chi connectivity index (χ0) is 16.5. The van der Waals surface area contributed by atoms with E-state index in [1.165, 1.54) is 0 Å².